The predicted molar refractivity (Wildman–Crippen MR) is 80.0 cm³/mol. The molecule has 0 radical (unpaired) electrons. The van der Waals surface area contributed by atoms with Crippen molar-refractivity contribution in [3.63, 3.8) is 0 Å². The quantitative estimate of drug-likeness (QED) is 0.875. The molecule has 0 fully saturated rings. The largest absolute Gasteiger partial charge is 0.485 e. The molecule has 2 N–H and O–H groups in total. The molecule has 2 aromatic rings. The molecule has 21 heavy (non-hydrogen) atoms. The molecule has 4 heteroatoms. The molecule has 3 rings (SSSR count). The highest BCUT2D eigenvalue weighted by Crippen LogP contribution is 2.42. The SMILES string of the molecule is CC1(C)Cc2cccc(OCc3ccc(N)cc3F)c2O1. The van der Waals surface area contributed by atoms with E-state index in [1.807, 2.05) is 32.0 Å². The summed E-state index contributed by atoms with van der Waals surface area (Å²) in [5.74, 6) is 1.05. The predicted octanol–water partition coefficient (Wildman–Crippen LogP) is 3.70. The molecule has 0 saturated heterocycles. The van der Waals surface area contributed by atoms with Crippen molar-refractivity contribution in [1.29, 1.82) is 0 Å². The zero-order valence-electron chi connectivity index (χ0n) is 12.2. The number of benzene rings is 2. The number of nitrogen functional groups attached to an aromatic ring is 1. The second kappa shape index (κ2) is 4.95. The minimum Gasteiger partial charge on any atom is -0.485 e. The van der Waals surface area contributed by atoms with E-state index in [-0.39, 0.29) is 18.0 Å². The molecule has 1 aliphatic rings. The average molecular weight is 287 g/mol. The van der Waals surface area contributed by atoms with Crippen LogP contribution >= 0.6 is 0 Å². The monoisotopic (exact) mass is 287 g/mol. The number of ether oxygens (including phenoxy) is 2. The van der Waals surface area contributed by atoms with Gasteiger partial charge < -0.3 is 15.2 Å². The summed E-state index contributed by atoms with van der Waals surface area (Å²) in [7, 11) is 0. The van der Waals surface area contributed by atoms with Gasteiger partial charge in [0.25, 0.3) is 0 Å². The van der Waals surface area contributed by atoms with E-state index in [0.717, 1.165) is 17.7 Å². The van der Waals surface area contributed by atoms with Gasteiger partial charge in [-0.05, 0) is 32.0 Å². The lowest BCUT2D eigenvalue weighted by molar-refractivity contribution is 0.131. The smallest absolute Gasteiger partial charge is 0.165 e. The summed E-state index contributed by atoms with van der Waals surface area (Å²) in [5, 5.41) is 0. The Bertz CT molecular complexity index is 682. The minimum absolute atomic E-state index is 0.145. The average Bonchev–Trinajstić information content (AvgIpc) is 2.72. The van der Waals surface area contributed by atoms with Crippen LogP contribution in [0.1, 0.15) is 25.0 Å². The number of hydrogen-bond acceptors (Lipinski definition) is 3. The van der Waals surface area contributed by atoms with Gasteiger partial charge >= 0.3 is 0 Å². The Morgan fingerprint density at radius 2 is 2.10 bits per heavy atom. The fourth-order valence-corrected chi connectivity index (χ4v) is 2.54. The number of hydrogen-bond donors (Lipinski definition) is 1. The van der Waals surface area contributed by atoms with Crippen LogP contribution in [-0.2, 0) is 13.0 Å². The third kappa shape index (κ3) is 2.79. The van der Waals surface area contributed by atoms with Crippen LogP contribution in [0.5, 0.6) is 11.5 Å². The third-order valence-electron chi connectivity index (χ3n) is 3.52. The van der Waals surface area contributed by atoms with E-state index in [1.165, 1.54) is 6.07 Å². The van der Waals surface area contributed by atoms with E-state index in [4.69, 9.17) is 15.2 Å². The Balaban J connectivity index is 1.80. The molecule has 1 aliphatic heterocycles. The summed E-state index contributed by atoms with van der Waals surface area (Å²) >= 11 is 0. The molecule has 0 saturated carbocycles. The van der Waals surface area contributed by atoms with Crippen LogP contribution in [0, 0.1) is 5.82 Å². The fourth-order valence-electron chi connectivity index (χ4n) is 2.54. The third-order valence-corrected chi connectivity index (χ3v) is 3.52. The van der Waals surface area contributed by atoms with Gasteiger partial charge in [-0.2, -0.15) is 0 Å². The Labute approximate surface area is 123 Å². The standard InChI is InChI=1S/C17H18FNO2/c1-17(2)9-11-4-3-5-15(16(11)21-17)20-10-12-6-7-13(19)8-14(12)18/h3-8H,9-10,19H2,1-2H3. The van der Waals surface area contributed by atoms with Gasteiger partial charge in [0.2, 0.25) is 0 Å². The maximum absolute atomic E-state index is 13.8. The van der Waals surface area contributed by atoms with Gasteiger partial charge in [-0.3, -0.25) is 0 Å². The highest BCUT2D eigenvalue weighted by molar-refractivity contribution is 5.50. The molecule has 3 nitrogen and oxygen atoms in total. The first kappa shape index (κ1) is 13.7. The van der Waals surface area contributed by atoms with Crippen LogP contribution in [0.25, 0.3) is 0 Å². The van der Waals surface area contributed by atoms with Gasteiger partial charge in [-0.1, -0.05) is 18.2 Å². The van der Waals surface area contributed by atoms with Crippen molar-refractivity contribution in [2.75, 3.05) is 5.73 Å². The van der Waals surface area contributed by atoms with Crippen molar-refractivity contribution >= 4 is 5.69 Å². The second-order valence-electron chi connectivity index (χ2n) is 5.92. The molecular formula is C17H18FNO2. The summed E-state index contributed by atoms with van der Waals surface area (Å²) in [5.41, 5.74) is 7.31. The highest BCUT2D eigenvalue weighted by atomic mass is 19.1. The van der Waals surface area contributed by atoms with Crippen molar-refractivity contribution in [1.82, 2.24) is 0 Å². The van der Waals surface area contributed by atoms with Crippen LogP contribution in [0.4, 0.5) is 10.1 Å². The summed E-state index contributed by atoms with van der Waals surface area (Å²) in [6.45, 7) is 4.22. The van der Waals surface area contributed by atoms with Gasteiger partial charge in [0.1, 0.15) is 18.0 Å². The van der Waals surface area contributed by atoms with Gasteiger partial charge in [0.05, 0.1) is 0 Å². The zero-order chi connectivity index (χ0) is 15.0. The molecular weight excluding hydrogens is 269 g/mol. The molecule has 1 heterocycles. The Hall–Kier alpha value is -2.23. The lowest BCUT2D eigenvalue weighted by Gasteiger charge is -2.18. The number of halogens is 1. The molecule has 110 valence electrons. The molecule has 0 bridgehead atoms. The maximum atomic E-state index is 13.8. The van der Waals surface area contributed by atoms with Crippen molar-refractivity contribution in [3.8, 4) is 11.5 Å². The van der Waals surface area contributed by atoms with E-state index in [0.29, 0.717) is 17.0 Å². The van der Waals surface area contributed by atoms with E-state index in [9.17, 15) is 4.39 Å². The van der Waals surface area contributed by atoms with Gasteiger partial charge in [-0.25, -0.2) is 4.39 Å². The first-order chi connectivity index (χ1) is 9.94. The fraction of sp³-hybridized carbons (Fsp3) is 0.294. The van der Waals surface area contributed by atoms with Crippen molar-refractivity contribution < 1.29 is 13.9 Å². The Kier molecular flexibility index (Phi) is 3.24. The Morgan fingerprint density at radius 3 is 2.86 bits per heavy atom. The lowest BCUT2D eigenvalue weighted by Crippen LogP contribution is -2.24. The van der Waals surface area contributed by atoms with E-state index in [1.54, 1.807) is 12.1 Å². The highest BCUT2D eigenvalue weighted by Gasteiger charge is 2.32. The molecule has 2 aromatic carbocycles. The lowest BCUT2D eigenvalue weighted by atomic mass is 10.0. The molecule has 0 atom stereocenters. The first-order valence-electron chi connectivity index (χ1n) is 6.92. The number of nitrogens with two attached hydrogens (primary N) is 1. The summed E-state index contributed by atoms with van der Waals surface area (Å²) in [4.78, 5) is 0. The van der Waals surface area contributed by atoms with E-state index >= 15 is 0 Å². The van der Waals surface area contributed by atoms with Crippen LogP contribution < -0.4 is 15.2 Å². The molecule has 0 aliphatic carbocycles. The normalized spacial score (nSPS) is 15.4. The van der Waals surface area contributed by atoms with Gasteiger partial charge in [0.15, 0.2) is 11.5 Å². The van der Waals surface area contributed by atoms with Gasteiger partial charge in [0, 0.05) is 23.2 Å². The van der Waals surface area contributed by atoms with E-state index in [2.05, 4.69) is 0 Å². The van der Waals surface area contributed by atoms with Crippen molar-refractivity contribution in [2.45, 2.75) is 32.5 Å². The van der Waals surface area contributed by atoms with E-state index < -0.39 is 0 Å². The minimum atomic E-state index is -0.358. The zero-order valence-corrected chi connectivity index (χ0v) is 12.2. The van der Waals surface area contributed by atoms with Crippen LogP contribution in [-0.4, -0.2) is 5.60 Å². The van der Waals surface area contributed by atoms with Crippen LogP contribution in [0.3, 0.4) is 0 Å². The van der Waals surface area contributed by atoms with Crippen molar-refractivity contribution in [2.24, 2.45) is 0 Å². The summed E-state index contributed by atoms with van der Waals surface area (Å²) < 4.78 is 25.4. The number of rotatable bonds is 3. The summed E-state index contributed by atoms with van der Waals surface area (Å²) in [6, 6.07) is 10.4. The van der Waals surface area contributed by atoms with Crippen LogP contribution in [0.15, 0.2) is 36.4 Å². The van der Waals surface area contributed by atoms with Crippen molar-refractivity contribution in [3.05, 3.63) is 53.3 Å². The Morgan fingerprint density at radius 1 is 1.29 bits per heavy atom. The number of fused-ring (bicyclic) bond motifs is 1. The first-order valence-corrected chi connectivity index (χ1v) is 6.92. The number of anilines is 1. The van der Waals surface area contributed by atoms with Crippen LogP contribution in [0.2, 0.25) is 0 Å². The molecule has 0 amide bonds. The van der Waals surface area contributed by atoms with Gasteiger partial charge in [-0.15, -0.1) is 0 Å². The number of para-hydroxylation sites is 1. The second-order valence-corrected chi connectivity index (χ2v) is 5.92. The topological polar surface area (TPSA) is 44.5 Å². The molecule has 0 unspecified atom stereocenters. The maximum Gasteiger partial charge on any atom is 0.165 e. The molecule has 0 spiro atoms. The summed E-state index contributed by atoms with van der Waals surface area (Å²) in [6.07, 6.45) is 0.843. The molecule has 0 aromatic heterocycles.